The Bertz CT molecular complexity index is 683. The summed E-state index contributed by atoms with van der Waals surface area (Å²) in [7, 11) is -7.18. The molecule has 108 valence electrons. The van der Waals surface area contributed by atoms with Gasteiger partial charge in [-0.25, -0.2) is 21.6 Å². The first-order chi connectivity index (χ1) is 8.33. The van der Waals surface area contributed by atoms with Gasteiger partial charge in [-0.3, -0.25) is 0 Å². The van der Waals surface area contributed by atoms with Crippen LogP contribution in [0, 0.1) is 6.92 Å². The van der Waals surface area contributed by atoms with E-state index in [-0.39, 0.29) is 9.79 Å². The highest BCUT2D eigenvalue weighted by molar-refractivity contribution is 7.91. The number of sulfone groups is 1. The van der Waals surface area contributed by atoms with Crippen molar-refractivity contribution in [2.75, 3.05) is 6.26 Å². The molecule has 0 fully saturated rings. The quantitative estimate of drug-likeness (QED) is 0.917. The Morgan fingerprint density at radius 2 is 1.58 bits per heavy atom. The zero-order valence-electron chi connectivity index (χ0n) is 11.7. The van der Waals surface area contributed by atoms with Gasteiger partial charge in [-0.2, -0.15) is 0 Å². The average Bonchev–Trinajstić information content (AvgIpc) is 2.11. The molecule has 19 heavy (non-hydrogen) atoms. The second-order valence-electron chi connectivity index (χ2n) is 5.55. The summed E-state index contributed by atoms with van der Waals surface area (Å²) in [6.45, 7) is 6.80. The Kier molecular flexibility index (Phi) is 4.15. The van der Waals surface area contributed by atoms with E-state index in [0.29, 0.717) is 5.56 Å². The first-order valence-corrected chi connectivity index (χ1v) is 9.05. The molecule has 0 saturated carbocycles. The Morgan fingerprint density at radius 1 is 1.05 bits per heavy atom. The van der Waals surface area contributed by atoms with Gasteiger partial charge in [-0.1, -0.05) is 6.07 Å². The van der Waals surface area contributed by atoms with Crippen LogP contribution >= 0.6 is 0 Å². The standard InChI is InChI=1S/C12H19NO4S2/c1-9-6-7-10(18(5,14)15)8-11(9)19(16,17)13-12(2,3)4/h6-8,13H,1-5H3. The van der Waals surface area contributed by atoms with Crippen LogP contribution < -0.4 is 4.72 Å². The maximum Gasteiger partial charge on any atom is 0.241 e. The van der Waals surface area contributed by atoms with E-state index in [2.05, 4.69) is 4.72 Å². The number of hydrogen-bond acceptors (Lipinski definition) is 4. The van der Waals surface area contributed by atoms with Crippen molar-refractivity contribution in [2.24, 2.45) is 0 Å². The summed E-state index contributed by atoms with van der Waals surface area (Å²) < 4.78 is 50.0. The van der Waals surface area contributed by atoms with Gasteiger partial charge in [0.15, 0.2) is 9.84 Å². The highest BCUT2D eigenvalue weighted by atomic mass is 32.2. The smallest absolute Gasteiger partial charge is 0.224 e. The third-order valence-electron chi connectivity index (χ3n) is 2.32. The second kappa shape index (κ2) is 4.88. The molecule has 7 heteroatoms. The predicted molar refractivity (Wildman–Crippen MR) is 74.4 cm³/mol. The molecule has 1 N–H and O–H groups in total. The highest BCUT2D eigenvalue weighted by Crippen LogP contribution is 2.21. The van der Waals surface area contributed by atoms with E-state index in [1.54, 1.807) is 27.7 Å². The summed E-state index contributed by atoms with van der Waals surface area (Å²) in [5.41, 5.74) is -0.129. The summed E-state index contributed by atoms with van der Waals surface area (Å²) >= 11 is 0. The van der Waals surface area contributed by atoms with Crippen molar-refractivity contribution < 1.29 is 16.8 Å². The maximum absolute atomic E-state index is 12.2. The van der Waals surface area contributed by atoms with Gasteiger partial charge in [0.2, 0.25) is 10.0 Å². The molecule has 0 radical (unpaired) electrons. The molecular formula is C12H19NO4S2. The number of sulfonamides is 1. The molecule has 5 nitrogen and oxygen atoms in total. The van der Waals surface area contributed by atoms with E-state index in [1.165, 1.54) is 18.2 Å². The van der Waals surface area contributed by atoms with Gasteiger partial charge >= 0.3 is 0 Å². The SMILES string of the molecule is Cc1ccc(S(C)(=O)=O)cc1S(=O)(=O)NC(C)(C)C. The van der Waals surface area contributed by atoms with E-state index in [9.17, 15) is 16.8 Å². The maximum atomic E-state index is 12.2. The molecule has 0 aromatic heterocycles. The number of aryl methyl sites for hydroxylation is 1. The number of nitrogens with one attached hydrogen (secondary N) is 1. The van der Waals surface area contributed by atoms with Gasteiger partial charge in [0.05, 0.1) is 9.79 Å². The van der Waals surface area contributed by atoms with Gasteiger partial charge in [0.1, 0.15) is 0 Å². The Hall–Kier alpha value is -0.920. The molecule has 1 aromatic rings. The fraction of sp³-hybridized carbons (Fsp3) is 0.500. The van der Waals surface area contributed by atoms with Crippen LogP contribution in [0.2, 0.25) is 0 Å². The van der Waals surface area contributed by atoms with Crippen molar-refractivity contribution in [3.63, 3.8) is 0 Å². The minimum absolute atomic E-state index is 0.00705. The molecular weight excluding hydrogens is 286 g/mol. The largest absolute Gasteiger partial charge is 0.241 e. The Morgan fingerprint density at radius 3 is 2.00 bits per heavy atom. The number of benzene rings is 1. The van der Waals surface area contributed by atoms with Crippen LogP contribution in [-0.4, -0.2) is 28.6 Å². The summed E-state index contributed by atoms with van der Waals surface area (Å²) in [4.78, 5) is -0.0160. The summed E-state index contributed by atoms with van der Waals surface area (Å²) in [6, 6.07) is 4.09. The molecule has 0 atom stereocenters. The normalized spacial score (nSPS) is 13.5. The van der Waals surface area contributed by atoms with Crippen LogP contribution in [0.15, 0.2) is 28.0 Å². The van der Waals surface area contributed by atoms with Gasteiger partial charge < -0.3 is 0 Å². The zero-order chi connectivity index (χ0) is 15.1. The fourth-order valence-corrected chi connectivity index (χ4v) is 3.97. The fourth-order valence-electron chi connectivity index (χ4n) is 1.56. The molecule has 0 bridgehead atoms. The number of rotatable bonds is 3. The lowest BCUT2D eigenvalue weighted by molar-refractivity contribution is 0.491. The summed E-state index contributed by atoms with van der Waals surface area (Å²) in [6.07, 6.45) is 1.05. The van der Waals surface area contributed by atoms with Crippen molar-refractivity contribution in [1.82, 2.24) is 4.72 Å². The molecule has 0 aliphatic rings. The highest BCUT2D eigenvalue weighted by Gasteiger charge is 2.24. The third kappa shape index (κ3) is 4.29. The van der Waals surface area contributed by atoms with Crippen molar-refractivity contribution in [1.29, 1.82) is 0 Å². The molecule has 0 aliphatic heterocycles. The Labute approximate surface area is 115 Å². The summed E-state index contributed by atoms with van der Waals surface area (Å²) in [5.74, 6) is 0. The van der Waals surface area contributed by atoms with E-state index >= 15 is 0 Å². The Balaban J connectivity index is 3.43. The topological polar surface area (TPSA) is 80.3 Å². The minimum atomic E-state index is -3.75. The van der Waals surface area contributed by atoms with Crippen LogP contribution in [0.5, 0.6) is 0 Å². The summed E-state index contributed by atoms with van der Waals surface area (Å²) in [5, 5.41) is 0. The van der Waals surface area contributed by atoms with Gasteiger partial charge in [-0.05, 0) is 45.4 Å². The lowest BCUT2D eigenvalue weighted by atomic mass is 10.1. The van der Waals surface area contributed by atoms with Crippen molar-refractivity contribution >= 4 is 19.9 Å². The van der Waals surface area contributed by atoms with Crippen LogP contribution in [0.3, 0.4) is 0 Å². The molecule has 0 heterocycles. The lowest BCUT2D eigenvalue weighted by Gasteiger charge is -2.21. The van der Waals surface area contributed by atoms with E-state index in [4.69, 9.17) is 0 Å². The first kappa shape index (κ1) is 16.1. The van der Waals surface area contributed by atoms with Crippen molar-refractivity contribution in [3.8, 4) is 0 Å². The first-order valence-electron chi connectivity index (χ1n) is 5.68. The van der Waals surface area contributed by atoms with Gasteiger partial charge in [0, 0.05) is 11.8 Å². The average molecular weight is 305 g/mol. The van der Waals surface area contributed by atoms with Gasteiger partial charge in [-0.15, -0.1) is 0 Å². The van der Waals surface area contributed by atoms with Gasteiger partial charge in [0.25, 0.3) is 0 Å². The molecule has 1 aromatic carbocycles. The predicted octanol–water partition coefficient (Wildman–Crippen LogP) is 1.48. The van der Waals surface area contributed by atoms with E-state index < -0.39 is 25.4 Å². The lowest BCUT2D eigenvalue weighted by Crippen LogP contribution is -2.40. The molecule has 0 unspecified atom stereocenters. The third-order valence-corrected chi connectivity index (χ3v) is 5.33. The van der Waals surface area contributed by atoms with Crippen LogP contribution in [0.25, 0.3) is 0 Å². The monoisotopic (exact) mass is 305 g/mol. The number of hydrogen-bond donors (Lipinski definition) is 1. The molecule has 0 spiro atoms. The van der Waals surface area contributed by atoms with E-state index in [1.807, 2.05) is 0 Å². The minimum Gasteiger partial charge on any atom is -0.224 e. The molecule has 0 saturated heterocycles. The van der Waals surface area contributed by atoms with Crippen LogP contribution in [0.4, 0.5) is 0 Å². The molecule has 0 aliphatic carbocycles. The van der Waals surface area contributed by atoms with Crippen LogP contribution in [-0.2, 0) is 19.9 Å². The van der Waals surface area contributed by atoms with Crippen molar-refractivity contribution in [2.45, 2.75) is 43.0 Å². The van der Waals surface area contributed by atoms with Crippen LogP contribution in [0.1, 0.15) is 26.3 Å². The zero-order valence-corrected chi connectivity index (χ0v) is 13.3. The van der Waals surface area contributed by atoms with Crippen molar-refractivity contribution in [3.05, 3.63) is 23.8 Å². The molecule has 1 rings (SSSR count). The molecule has 0 amide bonds. The van der Waals surface area contributed by atoms with E-state index in [0.717, 1.165) is 6.26 Å². The second-order valence-corrected chi connectivity index (χ2v) is 9.22.